The maximum Gasteiger partial charge on any atom is 0.246 e. The van der Waals surface area contributed by atoms with Crippen LogP contribution in [0.2, 0.25) is 0 Å². The Hall–Kier alpha value is -3.00. The van der Waals surface area contributed by atoms with Gasteiger partial charge in [0.1, 0.15) is 18.9 Å². The predicted molar refractivity (Wildman–Crippen MR) is 123 cm³/mol. The summed E-state index contributed by atoms with van der Waals surface area (Å²) >= 11 is 3.39. The zero-order chi connectivity index (χ0) is 22.2. The lowest BCUT2D eigenvalue weighted by molar-refractivity contribution is -0.116. The largest absolute Gasteiger partial charge is 0.490 e. The summed E-state index contributed by atoms with van der Waals surface area (Å²) in [4.78, 5) is 12.2. The van der Waals surface area contributed by atoms with Gasteiger partial charge in [-0.1, -0.05) is 6.07 Å². The van der Waals surface area contributed by atoms with Crippen LogP contribution in [0.25, 0.3) is 0 Å². The van der Waals surface area contributed by atoms with Crippen LogP contribution in [0.15, 0.2) is 53.1 Å². The lowest BCUT2D eigenvalue weighted by atomic mass is 10.2. The highest BCUT2D eigenvalue weighted by atomic mass is 79.9. The molecule has 2 aromatic carbocycles. The number of carbonyl (C=O) groups is 1. The fraction of sp³-hybridized carbons (Fsp3) is 0.304. The van der Waals surface area contributed by atoms with Crippen molar-refractivity contribution in [1.82, 2.24) is 9.78 Å². The fourth-order valence-corrected chi connectivity index (χ4v) is 3.22. The summed E-state index contributed by atoms with van der Waals surface area (Å²) in [7, 11) is 0. The monoisotopic (exact) mass is 487 g/mol. The molecule has 0 saturated heterocycles. The summed E-state index contributed by atoms with van der Waals surface area (Å²) < 4.78 is 19.6. The Morgan fingerprint density at radius 2 is 1.74 bits per heavy atom. The molecule has 0 saturated carbocycles. The van der Waals surface area contributed by atoms with Crippen LogP contribution >= 0.6 is 15.9 Å². The maximum absolute atomic E-state index is 12.2. The molecular weight excluding hydrogens is 462 g/mol. The van der Waals surface area contributed by atoms with Crippen LogP contribution in [0.1, 0.15) is 25.1 Å². The van der Waals surface area contributed by atoms with Gasteiger partial charge in [0.15, 0.2) is 11.5 Å². The molecule has 8 heteroatoms. The highest BCUT2D eigenvalue weighted by Gasteiger charge is 2.09. The molecule has 3 rings (SSSR count). The molecule has 1 heterocycles. The molecule has 1 aromatic heterocycles. The quantitative estimate of drug-likeness (QED) is 0.436. The Morgan fingerprint density at radius 1 is 1.03 bits per heavy atom. The molecule has 7 nitrogen and oxygen atoms in total. The molecule has 0 aliphatic rings. The minimum atomic E-state index is -0.151. The van der Waals surface area contributed by atoms with Crippen molar-refractivity contribution in [3.63, 3.8) is 0 Å². The molecule has 0 aliphatic heterocycles. The van der Waals surface area contributed by atoms with Crippen LogP contribution in [0.5, 0.6) is 17.2 Å². The van der Waals surface area contributed by atoms with Gasteiger partial charge in [0.05, 0.1) is 23.4 Å². The number of hydrogen-bond donors (Lipinski definition) is 1. The molecule has 0 fully saturated rings. The molecule has 0 atom stereocenters. The summed E-state index contributed by atoms with van der Waals surface area (Å²) in [5, 5.41) is 7.12. The van der Waals surface area contributed by atoms with Crippen molar-refractivity contribution >= 4 is 27.5 Å². The number of amides is 1. The Bertz CT molecular complexity index is 999. The highest BCUT2D eigenvalue weighted by Crippen LogP contribution is 2.29. The van der Waals surface area contributed by atoms with E-state index in [4.69, 9.17) is 14.2 Å². The summed E-state index contributed by atoms with van der Waals surface area (Å²) in [5.74, 6) is 1.99. The van der Waals surface area contributed by atoms with Crippen molar-refractivity contribution in [2.24, 2.45) is 0 Å². The molecule has 3 aromatic rings. The molecule has 0 radical (unpaired) electrons. The first-order valence-corrected chi connectivity index (χ1v) is 10.9. The zero-order valence-electron chi connectivity index (χ0n) is 17.9. The Kier molecular flexibility index (Phi) is 7.94. The third-order valence-corrected chi connectivity index (χ3v) is 5.12. The van der Waals surface area contributed by atoms with Crippen molar-refractivity contribution in [2.75, 3.05) is 18.5 Å². The number of ether oxygens (including phenoxy) is 3. The van der Waals surface area contributed by atoms with E-state index < -0.39 is 0 Å². The van der Waals surface area contributed by atoms with Gasteiger partial charge < -0.3 is 19.5 Å². The maximum atomic E-state index is 12.2. The van der Waals surface area contributed by atoms with Crippen molar-refractivity contribution < 1.29 is 19.0 Å². The average Bonchev–Trinajstić information content (AvgIpc) is 3.06. The number of hydrogen-bond acceptors (Lipinski definition) is 5. The van der Waals surface area contributed by atoms with Gasteiger partial charge in [-0.05, 0) is 78.7 Å². The van der Waals surface area contributed by atoms with E-state index >= 15 is 0 Å². The number of halogens is 1. The summed E-state index contributed by atoms with van der Waals surface area (Å²) in [6, 6.07) is 13.0. The molecule has 1 N–H and O–H groups in total. The van der Waals surface area contributed by atoms with Crippen LogP contribution < -0.4 is 19.5 Å². The number of aromatic nitrogens is 2. The average molecular weight is 488 g/mol. The smallest absolute Gasteiger partial charge is 0.246 e. The second kappa shape index (κ2) is 10.9. The van der Waals surface area contributed by atoms with E-state index in [1.54, 1.807) is 23.0 Å². The van der Waals surface area contributed by atoms with Gasteiger partial charge in [-0.25, -0.2) is 0 Å². The van der Waals surface area contributed by atoms with Crippen molar-refractivity contribution in [3.8, 4) is 17.2 Å². The van der Waals surface area contributed by atoms with Gasteiger partial charge in [0.25, 0.3) is 0 Å². The Labute approximate surface area is 190 Å². The molecular formula is C23H26BrN3O4. The van der Waals surface area contributed by atoms with E-state index in [9.17, 15) is 4.79 Å². The van der Waals surface area contributed by atoms with E-state index in [1.165, 1.54) is 0 Å². The SMILES string of the molecule is CCOc1ccc(COc2ccc(NC(=O)Cn3cc(Br)c(C)n3)cc2)cc1OCC. The summed E-state index contributed by atoms with van der Waals surface area (Å²) in [6.07, 6.45) is 1.78. The first kappa shape index (κ1) is 22.7. The third-order valence-electron chi connectivity index (χ3n) is 4.34. The summed E-state index contributed by atoms with van der Waals surface area (Å²) in [6.45, 7) is 7.44. The zero-order valence-corrected chi connectivity index (χ0v) is 19.4. The second-order valence-electron chi connectivity index (χ2n) is 6.77. The predicted octanol–water partition coefficient (Wildman–Crippen LogP) is 4.97. The topological polar surface area (TPSA) is 74.6 Å². The fourth-order valence-electron chi connectivity index (χ4n) is 2.91. The Morgan fingerprint density at radius 3 is 2.39 bits per heavy atom. The van der Waals surface area contributed by atoms with Crippen LogP contribution in [0.3, 0.4) is 0 Å². The lowest BCUT2D eigenvalue weighted by Crippen LogP contribution is -2.19. The van der Waals surface area contributed by atoms with E-state index in [0.717, 1.165) is 21.5 Å². The number of nitrogens with zero attached hydrogens (tertiary/aromatic N) is 2. The third kappa shape index (κ3) is 6.49. The van der Waals surface area contributed by atoms with Gasteiger partial charge in [-0.2, -0.15) is 5.10 Å². The van der Waals surface area contributed by atoms with Crippen LogP contribution in [-0.2, 0) is 17.9 Å². The number of nitrogens with one attached hydrogen (secondary N) is 1. The number of rotatable bonds is 10. The lowest BCUT2D eigenvalue weighted by Gasteiger charge is -2.13. The van der Waals surface area contributed by atoms with Crippen molar-refractivity contribution in [3.05, 3.63) is 64.4 Å². The first-order valence-electron chi connectivity index (χ1n) is 10.1. The van der Waals surface area contributed by atoms with Crippen LogP contribution in [0.4, 0.5) is 5.69 Å². The molecule has 164 valence electrons. The normalized spacial score (nSPS) is 10.6. The van der Waals surface area contributed by atoms with E-state index in [-0.39, 0.29) is 12.5 Å². The Balaban J connectivity index is 1.54. The number of carbonyl (C=O) groups excluding carboxylic acids is 1. The standard InChI is InChI=1S/C23H26BrN3O4/c1-4-29-21-11-6-17(12-22(21)30-5-2)15-31-19-9-7-18(8-10-19)25-23(28)14-27-13-20(24)16(3)26-27/h6-13H,4-5,14-15H2,1-3H3,(H,25,28). The minimum Gasteiger partial charge on any atom is -0.490 e. The van der Waals surface area contributed by atoms with E-state index in [2.05, 4.69) is 26.3 Å². The van der Waals surface area contributed by atoms with Crippen molar-refractivity contribution in [2.45, 2.75) is 33.9 Å². The molecule has 1 amide bonds. The van der Waals surface area contributed by atoms with Crippen LogP contribution in [0, 0.1) is 6.92 Å². The van der Waals surface area contributed by atoms with Crippen molar-refractivity contribution in [1.29, 1.82) is 0 Å². The van der Waals surface area contributed by atoms with Gasteiger partial charge >= 0.3 is 0 Å². The highest BCUT2D eigenvalue weighted by molar-refractivity contribution is 9.10. The number of aryl methyl sites for hydroxylation is 1. The van der Waals surface area contributed by atoms with Gasteiger partial charge in [0.2, 0.25) is 5.91 Å². The molecule has 0 bridgehead atoms. The molecule has 0 unspecified atom stereocenters. The second-order valence-corrected chi connectivity index (χ2v) is 7.62. The van der Waals surface area contributed by atoms with Gasteiger partial charge in [-0.3, -0.25) is 9.48 Å². The first-order chi connectivity index (χ1) is 15.0. The molecule has 0 aliphatic carbocycles. The number of benzene rings is 2. The molecule has 31 heavy (non-hydrogen) atoms. The summed E-state index contributed by atoms with van der Waals surface area (Å²) in [5.41, 5.74) is 2.51. The van der Waals surface area contributed by atoms with E-state index in [1.807, 2.05) is 51.1 Å². The molecule has 0 spiro atoms. The van der Waals surface area contributed by atoms with Gasteiger partial charge in [0, 0.05) is 11.9 Å². The van der Waals surface area contributed by atoms with Gasteiger partial charge in [-0.15, -0.1) is 0 Å². The number of anilines is 1. The van der Waals surface area contributed by atoms with Crippen LogP contribution in [-0.4, -0.2) is 28.9 Å². The minimum absolute atomic E-state index is 0.143. The van der Waals surface area contributed by atoms with E-state index in [0.29, 0.717) is 37.0 Å².